The number of hydrogen-bond donors (Lipinski definition) is 1. The van der Waals surface area contributed by atoms with Crippen molar-refractivity contribution in [2.24, 2.45) is 5.73 Å². The third-order valence-electron chi connectivity index (χ3n) is 1.98. The Labute approximate surface area is 88.6 Å². The summed E-state index contributed by atoms with van der Waals surface area (Å²) in [5, 5.41) is 11.7. The van der Waals surface area contributed by atoms with Gasteiger partial charge in [-0.25, -0.2) is 4.98 Å². The predicted octanol–water partition coefficient (Wildman–Crippen LogP) is 2.14. The van der Waals surface area contributed by atoms with Gasteiger partial charge in [-0.05, 0) is 27.7 Å². The number of hydrogen-bond acceptors (Lipinski definition) is 4. The van der Waals surface area contributed by atoms with Crippen LogP contribution in [-0.2, 0) is 11.0 Å². The van der Waals surface area contributed by atoms with E-state index in [-0.39, 0.29) is 0 Å². The molecule has 1 rings (SSSR count). The fourth-order valence-corrected chi connectivity index (χ4v) is 1.98. The summed E-state index contributed by atoms with van der Waals surface area (Å²) in [7, 11) is 0. The monoisotopic (exact) mass is 209 g/mol. The minimum absolute atomic E-state index is 0.430. The van der Waals surface area contributed by atoms with E-state index in [1.54, 1.807) is 0 Å². The van der Waals surface area contributed by atoms with Crippen molar-refractivity contribution in [1.29, 1.82) is 5.26 Å². The van der Waals surface area contributed by atoms with Crippen LogP contribution in [0.25, 0.3) is 0 Å². The zero-order chi connectivity index (χ0) is 11.0. The summed E-state index contributed by atoms with van der Waals surface area (Å²) in [6, 6.07) is 2.23. The van der Waals surface area contributed by atoms with Gasteiger partial charge >= 0.3 is 0 Å². The maximum Gasteiger partial charge on any atom is 0.113 e. The molecular formula is C10H15N3S. The normalized spacial score (nSPS) is 12.6. The highest BCUT2D eigenvalue weighted by atomic mass is 32.1. The third-order valence-corrected chi connectivity index (χ3v) is 3.14. The lowest BCUT2D eigenvalue weighted by molar-refractivity contribution is 0.532. The first-order valence-corrected chi connectivity index (χ1v) is 5.32. The van der Waals surface area contributed by atoms with Crippen LogP contribution in [0.1, 0.15) is 38.4 Å². The highest BCUT2D eigenvalue weighted by Gasteiger charge is 2.26. The Bertz CT molecular complexity index is 365. The summed E-state index contributed by atoms with van der Waals surface area (Å²) in [5.41, 5.74) is 5.81. The quantitative estimate of drug-likeness (QED) is 0.811. The number of rotatable bonds is 2. The second-order valence-corrected chi connectivity index (χ2v) is 5.35. The van der Waals surface area contributed by atoms with E-state index < -0.39 is 11.0 Å². The van der Waals surface area contributed by atoms with Gasteiger partial charge in [-0.1, -0.05) is 0 Å². The summed E-state index contributed by atoms with van der Waals surface area (Å²) in [4.78, 5) is 4.40. The molecule has 14 heavy (non-hydrogen) atoms. The Morgan fingerprint density at radius 2 is 2.00 bits per heavy atom. The van der Waals surface area contributed by atoms with E-state index in [4.69, 9.17) is 11.0 Å². The van der Waals surface area contributed by atoms with Crippen LogP contribution in [0.4, 0.5) is 0 Å². The maximum atomic E-state index is 8.94. The number of nitrogens with two attached hydrogens (primary N) is 1. The van der Waals surface area contributed by atoms with Gasteiger partial charge in [0.15, 0.2) is 0 Å². The summed E-state index contributed by atoms with van der Waals surface area (Å²) in [6.07, 6.45) is 0. The molecular weight excluding hydrogens is 194 g/mol. The molecule has 76 valence electrons. The van der Waals surface area contributed by atoms with E-state index in [0.29, 0.717) is 0 Å². The van der Waals surface area contributed by atoms with Gasteiger partial charge in [0.25, 0.3) is 0 Å². The van der Waals surface area contributed by atoms with Crippen LogP contribution < -0.4 is 5.73 Å². The fraction of sp³-hybridized carbons (Fsp3) is 0.600. The number of nitriles is 1. The SMILES string of the molecule is CC(C)(N)c1csc(C(C)(C)C#N)n1. The molecule has 2 N–H and O–H groups in total. The topological polar surface area (TPSA) is 62.7 Å². The molecule has 1 heterocycles. The van der Waals surface area contributed by atoms with Crippen LogP contribution in [0.15, 0.2) is 5.38 Å². The molecule has 0 atom stereocenters. The molecule has 0 aromatic carbocycles. The van der Waals surface area contributed by atoms with Crippen LogP contribution in [0.2, 0.25) is 0 Å². The van der Waals surface area contributed by atoms with Crippen LogP contribution in [0, 0.1) is 11.3 Å². The number of nitrogens with zero attached hydrogens (tertiary/aromatic N) is 2. The van der Waals surface area contributed by atoms with Gasteiger partial charge < -0.3 is 5.73 Å². The molecule has 0 radical (unpaired) electrons. The van der Waals surface area contributed by atoms with Gasteiger partial charge in [0, 0.05) is 5.38 Å². The molecule has 3 nitrogen and oxygen atoms in total. The van der Waals surface area contributed by atoms with E-state index in [0.717, 1.165) is 10.7 Å². The molecule has 0 fully saturated rings. The van der Waals surface area contributed by atoms with E-state index in [9.17, 15) is 0 Å². The molecule has 0 amide bonds. The highest BCUT2D eigenvalue weighted by Crippen LogP contribution is 2.28. The zero-order valence-electron chi connectivity index (χ0n) is 8.96. The van der Waals surface area contributed by atoms with Gasteiger partial charge in [0.2, 0.25) is 0 Å². The first-order valence-electron chi connectivity index (χ1n) is 4.44. The standard InChI is InChI=1S/C10H15N3S/c1-9(2,6-11)8-13-7(5-14-8)10(3,4)12/h5H,12H2,1-4H3. The third kappa shape index (κ3) is 2.11. The van der Waals surface area contributed by atoms with Gasteiger partial charge in [-0.3, -0.25) is 0 Å². The Morgan fingerprint density at radius 1 is 1.43 bits per heavy atom. The average molecular weight is 209 g/mol. The summed E-state index contributed by atoms with van der Waals surface area (Å²) >= 11 is 1.49. The van der Waals surface area contributed by atoms with Crippen molar-refractivity contribution in [1.82, 2.24) is 4.98 Å². The summed E-state index contributed by atoms with van der Waals surface area (Å²) in [5.74, 6) is 0. The van der Waals surface area contributed by atoms with Crippen molar-refractivity contribution in [3.8, 4) is 6.07 Å². The Kier molecular flexibility index (Phi) is 2.66. The number of thiazole rings is 1. The van der Waals surface area contributed by atoms with Crippen molar-refractivity contribution in [2.45, 2.75) is 38.6 Å². The van der Waals surface area contributed by atoms with Gasteiger partial charge in [0.1, 0.15) is 10.4 Å². The van der Waals surface area contributed by atoms with Gasteiger partial charge in [-0.2, -0.15) is 5.26 Å². The Morgan fingerprint density at radius 3 is 2.36 bits per heavy atom. The van der Waals surface area contributed by atoms with Crippen LogP contribution in [-0.4, -0.2) is 4.98 Å². The lowest BCUT2D eigenvalue weighted by Crippen LogP contribution is -2.29. The van der Waals surface area contributed by atoms with E-state index in [1.165, 1.54) is 11.3 Å². The highest BCUT2D eigenvalue weighted by molar-refractivity contribution is 7.09. The lowest BCUT2D eigenvalue weighted by Gasteiger charge is -2.15. The second-order valence-electron chi connectivity index (χ2n) is 4.50. The van der Waals surface area contributed by atoms with Crippen LogP contribution in [0.5, 0.6) is 0 Å². The summed E-state index contributed by atoms with van der Waals surface area (Å²) < 4.78 is 0. The van der Waals surface area contributed by atoms with Crippen molar-refractivity contribution >= 4 is 11.3 Å². The molecule has 1 aromatic rings. The first-order chi connectivity index (χ1) is 6.27. The largest absolute Gasteiger partial charge is 0.321 e. The fourth-order valence-electron chi connectivity index (χ4n) is 0.905. The minimum atomic E-state index is -0.520. The van der Waals surface area contributed by atoms with Crippen LogP contribution >= 0.6 is 11.3 Å². The Hall–Kier alpha value is -0.920. The summed E-state index contributed by atoms with van der Waals surface area (Å²) in [6.45, 7) is 7.54. The van der Waals surface area contributed by atoms with Crippen molar-refractivity contribution < 1.29 is 0 Å². The van der Waals surface area contributed by atoms with Crippen molar-refractivity contribution in [2.75, 3.05) is 0 Å². The minimum Gasteiger partial charge on any atom is -0.321 e. The molecule has 0 bridgehead atoms. The van der Waals surface area contributed by atoms with Gasteiger partial charge in [0.05, 0.1) is 17.3 Å². The number of aromatic nitrogens is 1. The molecule has 0 aliphatic heterocycles. The molecule has 4 heteroatoms. The molecule has 0 aliphatic carbocycles. The maximum absolute atomic E-state index is 8.94. The average Bonchev–Trinajstić information content (AvgIpc) is 2.51. The molecule has 0 unspecified atom stereocenters. The molecule has 0 aliphatic rings. The van der Waals surface area contributed by atoms with Crippen molar-refractivity contribution in [3.63, 3.8) is 0 Å². The molecule has 0 spiro atoms. The first kappa shape index (κ1) is 11.2. The van der Waals surface area contributed by atoms with E-state index in [2.05, 4.69) is 11.1 Å². The zero-order valence-corrected chi connectivity index (χ0v) is 9.77. The van der Waals surface area contributed by atoms with E-state index in [1.807, 2.05) is 33.1 Å². The Balaban J connectivity index is 3.08. The lowest BCUT2D eigenvalue weighted by atomic mass is 9.97. The molecule has 1 aromatic heterocycles. The van der Waals surface area contributed by atoms with E-state index >= 15 is 0 Å². The second kappa shape index (κ2) is 3.34. The molecule has 0 saturated carbocycles. The predicted molar refractivity (Wildman–Crippen MR) is 58.0 cm³/mol. The van der Waals surface area contributed by atoms with Crippen molar-refractivity contribution in [3.05, 3.63) is 16.1 Å². The smallest absolute Gasteiger partial charge is 0.113 e. The van der Waals surface area contributed by atoms with Gasteiger partial charge in [-0.15, -0.1) is 11.3 Å². The van der Waals surface area contributed by atoms with Crippen LogP contribution in [0.3, 0.4) is 0 Å². The molecule has 0 saturated heterocycles.